The van der Waals surface area contributed by atoms with Gasteiger partial charge in [0.15, 0.2) is 16.4 Å². The molecule has 0 spiro atoms. The molecule has 1 aliphatic heterocycles. The minimum Gasteiger partial charge on any atom is -0.483 e. The van der Waals surface area contributed by atoms with E-state index in [0.717, 1.165) is 11.1 Å². The fourth-order valence-corrected chi connectivity index (χ4v) is 5.18. The number of hydrogen-bond donors (Lipinski definition) is 0. The predicted octanol–water partition coefficient (Wildman–Crippen LogP) is 3.38. The third-order valence-corrected chi connectivity index (χ3v) is 6.71. The van der Waals surface area contributed by atoms with Gasteiger partial charge in [-0.05, 0) is 54.8 Å². The summed E-state index contributed by atoms with van der Waals surface area (Å²) in [5, 5.41) is 0.574. The molecule has 1 aliphatic rings. The van der Waals surface area contributed by atoms with Gasteiger partial charge in [0.1, 0.15) is 11.6 Å². The van der Waals surface area contributed by atoms with Gasteiger partial charge in [-0.3, -0.25) is 4.79 Å². The number of benzene rings is 2. The van der Waals surface area contributed by atoms with Crippen LogP contribution >= 0.6 is 11.6 Å². The van der Waals surface area contributed by atoms with Crippen molar-refractivity contribution in [3.63, 3.8) is 0 Å². The molecule has 5 nitrogen and oxygen atoms in total. The Bertz CT molecular complexity index is 963. The van der Waals surface area contributed by atoms with Crippen molar-refractivity contribution in [3.8, 4) is 5.75 Å². The zero-order valence-electron chi connectivity index (χ0n) is 15.4. The van der Waals surface area contributed by atoms with Gasteiger partial charge in [0.05, 0.1) is 11.5 Å². The summed E-state index contributed by atoms with van der Waals surface area (Å²) in [7, 11) is -3.16. The number of sulfone groups is 1. The minimum atomic E-state index is -3.16. The maximum Gasteiger partial charge on any atom is 0.261 e. The van der Waals surface area contributed by atoms with Crippen LogP contribution in [0.5, 0.6) is 5.75 Å². The molecule has 1 atom stereocenters. The van der Waals surface area contributed by atoms with Crippen LogP contribution in [0.2, 0.25) is 5.02 Å². The van der Waals surface area contributed by atoms with E-state index < -0.39 is 15.9 Å². The summed E-state index contributed by atoms with van der Waals surface area (Å²) < 4.78 is 42.6. The minimum absolute atomic E-state index is 0.0576. The average molecular weight is 426 g/mol. The van der Waals surface area contributed by atoms with E-state index in [0.29, 0.717) is 17.2 Å². The fraction of sp³-hybridized carbons (Fsp3) is 0.350. The number of hydrogen-bond acceptors (Lipinski definition) is 4. The Kier molecular flexibility index (Phi) is 6.25. The normalized spacial score (nSPS) is 18.0. The van der Waals surface area contributed by atoms with E-state index in [2.05, 4.69) is 0 Å². The highest BCUT2D eigenvalue weighted by molar-refractivity contribution is 7.91. The molecule has 0 bridgehead atoms. The fourth-order valence-electron chi connectivity index (χ4n) is 3.23. The third-order valence-electron chi connectivity index (χ3n) is 4.72. The zero-order valence-corrected chi connectivity index (χ0v) is 17.0. The number of aryl methyl sites for hydroxylation is 1. The summed E-state index contributed by atoms with van der Waals surface area (Å²) in [6, 6.07) is 10.5. The Hall–Kier alpha value is -2.12. The second kappa shape index (κ2) is 8.49. The summed E-state index contributed by atoms with van der Waals surface area (Å²) >= 11 is 5.93. The highest BCUT2D eigenvalue weighted by Crippen LogP contribution is 2.23. The molecule has 150 valence electrons. The summed E-state index contributed by atoms with van der Waals surface area (Å²) in [4.78, 5) is 14.4. The largest absolute Gasteiger partial charge is 0.483 e. The molecule has 1 heterocycles. The molecule has 28 heavy (non-hydrogen) atoms. The first-order chi connectivity index (χ1) is 13.2. The monoisotopic (exact) mass is 425 g/mol. The molecule has 2 aromatic carbocycles. The Morgan fingerprint density at radius 3 is 2.57 bits per heavy atom. The molecule has 3 rings (SSSR count). The van der Waals surface area contributed by atoms with Gasteiger partial charge in [0.2, 0.25) is 0 Å². The summed E-state index contributed by atoms with van der Waals surface area (Å²) in [5.74, 6) is -0.159. The van der Waals surface area contributed by atoms with Crippen molar-refractivity contribution in [1.82, 2.24) is 4.90 Å². The van der Waals surface area contributed by atoms with Crippen LogP contribution in [-0.2, 0) is 21.2 Å². The number of carbonyl (C=O) groups excluding carboxylic acids is 1. The van der Waals surface area contributed by atoms with Gasteiger partial charge in [-0.2, -0.15) is 0 Å². The second-order valence-corrected chi connectivity index (χ2v) is 9.57. The van der Waals surface area contributed by atoms with Crippen LogP contribution in [0, 0.1) is 12.7 Å². The van der Waals surface area contributed by atoms with E-state index in [1.807, 2.05) is 6.92 Å². The molecule has 1 fully saturated rings. The van der Waals surface area contributed by atoms with Crippen LogP contribution in [0.15, 0.2) is 42.5 Å². The Balaban J connectivity index is 1.75. The number of nitrogens with zero attached hydrogens (tertiary/aromatic N) is 1. The van der Waals surface area contributed by atoms with Crippen LogP contribution in [-0.4, -0.2) is 43.4 Å². The van der Waals surface area contributed by atoms with Crippen LogP contribution < -0.4 is 4.74 Å². The number of amides is 1. The van der Waals surface area contributed by atoms with Gasteiger partial charge in [-0.1, -0.05) is 23.7 Å². The molecule has 8 heteroatoms. The number of carbonyl (C=O) groups is 1. The van der Waals surface area contributed by atoms with Crippen molar-refractivity contribution in [2.45, 2.75) is 25.9 Å². The van der Waals surface area contributed by atoms with Gasteiger partial charge in [0, 0.05) is 17.6 Å². The summed E-state index contributed by atoms with van der Waals surface area (Å²) in [5.41, 5.74) is 1.52. The van der Waals surface area contributed by atoms with Crippen molar-refractivity contribution >= 4 is 27.3 Å². The molecular weight excluding hydrogens is 405 g/mol. The first kappa shape index (κ1) is 20.6. The van der Waals surface area contributed by atoms with Gasteiger partial charge in [0.25, 0.3) is 5.91 Å². The Morgan fingerprint density at radius 1 is 1.25 bits per heavy atom. The molecule has 1 amide bonds. The molecule has 0 saturated carbocycles. The van der Waals surface area contributed by atoms with Gasteiger partial charge >= 0.3 is 0 Å². The lowest BCUT2D eigenvalue weighted by atomic mass is 10.1. The van der Waals surface area contributed by atoms with Crippen molar-refractivity contribution in [3.05, 3.63) is 64.4 Å². The van der Waals surface area contributed by atoms with Crippen LogP contribution in [0.1, 0.15) is 17.5 Å². The lowest BCUT2D eigenvalue weighted by Crippen LogP contribution is -2.43. The predicted molar refractivity (Wildman–Crippen MR) is 106 cm³/mol. The van der Waals surface area contributed by atoms with Gasteiger partial charge in [-0.15, -0.1) is 0 Å². The van der Waals surface area contributed by atoms with Gasteiger partial charge < -0.3 is 9.64 Å². The lowest BCUT2D eigenvalue weighted by molar-refractivity contribution is -0.136. The van der Waals surface area contributed by atoms with Crippen molar-refractivity contribution in [2.75, 3.05) is 18.1 Å². The Morgan fingerprint density at radius 2 is 1.96 bits per heavy atom. The summed E-state index contributed by atoms with van der Waals surface area (Å²) in [6.07, 6.45) is 0.384. The van der Waals surface area contributed by atoms with E-state index >= 15 is 0 Å². The average Bonchev–Trinajstić information content (AvgIpc) is 2.99. The van der Waals surface area contributed by atoms with E-state index in [4.69, 9.17) is 16.3 Å². The van der Waals surface area contributed by atoms with E-state index in [1.165, 1.54) is 17.0 Å². The first-order valence-corrected chi connectivity index (χ1v) is 11.1. The topological polar surface area (TPSA) is 63.7 Å². The smallest absolute Gasteiger partial charge is 0.261 e. The highest BCUT2D eigenvalue weighted by atomic mass is 35.5. The molecule has 0 radical (unpaired) electrons. The van der Waals surface area contributed by atoms with E-state index in [-0.39, 0.29) is 36.4 Å². The first-order valence-electron chi connectivity index (χ1n) is 8.87. The van der Waals surface area contributed by atoms with Crippen molar-refractivity contribution in [2.24, 2.45) is 0 Å². The van der Waals surface area contributed by atoms with Crippen molar-refractivity contribution in [1.29, 1.82) is 0 Å². The SMILES string of the molecule is Cc1cc(Cl)ccc1OCC(=O)N(Cc1ccc(F)cc1)[C@H]1CCS(=O)(=O)C1. The van der Waals surface area contributed by atoms with Crippen LogP contribution in [0.25, 0.3) is 0 Å². The molecule has 0 aromatic heterocycles. The lowest BCUT2D eigenvalue weighted by Gasteiger charge is -2.28. The highest BCUT2D eigenvalue weighted by Gasteiger charge is 2.34. The standard InChI is InChI=1S/C20H21ClFNO4S/c1-14-10-16(21)4-7-19(14)27-12-20(24)23(18-8-9-28(25,26)13-18)11-15-2-5-17(22)6-3-15/h2-7,10,18H,8-9,11-13H2,1H3/t18-/m0/s1. The molecule has 0 unspecified atom stereocenters. The Labute approximate surface area is 169 Å². The maximum atomic E-state index is 13.2. The number of rotatable bonds is 6. The van der Waals surface area contributed by atoms with E-state index in [9.17, 15) is 17.6 Å². The molecule has 0 aliphatic carbocycles. The molecular formula is C20H21ClFNO4S. The van der Waals surface area contributed by atoms with Crippen molar-refractivity contribution < 1.29 is 22.3 Å². The molecule has 0 N–H and O–H groups in total. The molecule has 1 saturated heterocycles. The second-order valence-electron chi connectivity index (χ2n) is 6.90. The van der Waals surface area contributed by atoms with Crippen LogP contribution in [0.4, 0.5) is 4.39 Å². The third kappa shape index (κ3) is 5.23. The van der Waals surface area contributed by atoms with E-state index in [1.54, 1.807) is 30.3 Å². The maximum absolute atomic E-state index is 13.2. The number of ether oxygens (including phenoxy) is 1. The van der Waals surface area contributed by atoms with Gasteiger partial charge in [-0.25, -0.2) is 12.8 Å². The number of halogens is 2. The quantitative estimate of drug-likeness (QED) is 0.711. The molecule has 2 aromatic rings. The summed E-state index contributed by atoms with van der Waals surface area (Å²) in [6.45, 7) is 1.80. The zero-order chi connectivity index (χ0) is 20.3. The van der Waals surface area contributed by atoms with Crippen LogP contribution in [0.3, 0.4) is 0 Å².